The molecule has 1 fully saturated rings. The van der Waals surface area contributed by atoms with Crippen LogP contribution >= 0.6 is 0 Å². The molecule has 1 saturated heterocycles. The van der Waals surface area contributed by atoms with Crippen LogP contribution in [-0.2, 0) is 16.1 Å². The maximum absolute atomic E-state index is 12.6. The Morgan fingerprint density at radius 2 is 1.90 bits per heavy atom. The molecular weight excluding hydrogens is 370 g/mol. The monoisotopic (exact) mass is 397 g/mol. The molecule has 1 aliphatic heterocycles. The number of rotatable bonds is 8. The van der Waals surface area contributed by atoms with Gasteiger partial charge in [-0.2, -0.15) is 0 Å². The second kappa shape index (κ2) is 9.32. The summed E-state index contributed by atoms with van der Waals surface area (Å²) in [5.74, 6) is 1.18. The number of ether oxygens (including phenoxy) is 2. The van der Waals surface area contributed by atoms with Gasteiger partial charge >= 0.3 is 0 Å². The Morgan fingerprint density at radius 3 is 2.59 bits per heavy atom. The van der Waals surface area contributed by atoms with Crippen molar-refractivity contribution in [1.29, 1.82) is 0 Å². The van der Waals surface area contributed by atoms with Gasteiger partial charge in [0.05, 0.1) is 14.2 Å². The standard InChI is InChI=1S/C22H27N3O4/c1-15(22(27)24-18-9-10-19(28-2)20(13-18)29-3)23-17-7-4-6-16(12-17)14-25-11-5-8-21(25)26/h4,6-7,9-10,12-13,15,23H,5,8,11,14H2,1-3H3,(H,24,27). The molecule has 0 bridgehead atoms. The van der Waals surface area contributed by atoms with Gasteiger partial charge in [0, 0.05) is 37.0 Å². The van der Waals surface area contributed by atoms with Crippen LogP contribution in [0.25, 0.3) is 0 Å². The quantitative estimate of drug-likeness (QED) is 0.715. The molecule has 3 rings (SSSR count). The Kier molecular flexibility index (Phi) is 6.59. The van der Waals surface area contributed by atoms with Crippen LogP contribution in [-0.4, -0.2) is 43.5 Å². The van der Waals surface area contributed by atoms with Crippen molar-refractivity contribution >= 4 is 23.2 Å². The summed E-state index contributed by atoms with van der Waals surface area (Å²) in [6, 6.07) is 12.6. The molecule has 2 N–H and O–H groups in total. The Balaban J connectivity index is 1.61. The Hall–Kier alpha value is -3.22. The number of benzene rings is 2. The highest BCUT2D eigenvalue weighted by Crippen LogP contribution is 2.29. The van der Waals surface area contributed by atoms with E-state index >= 15 is 0 Å². The van der Waals surface area contributed by atoms with E-state index in [4.69, 9.17) is 9.47 Å². The van der Waals surface area contributed by atoms with Crippen LogP contribution in [0.5, 0.6) is 11.5 Å². The zero-order valence-electron chi connectivity index (χ0n) is 17.0. The molecule has 1 atom stereocenters. The fraction of sp³-hybridized carbons (Fsp3) is 0.364. The first-order valence-electron chi connectivity index (χ1n) is 9.66. The Bertz CT molecular complexity index is 884. The summed E-state index contributed by atoms with van der Waals surface area (Å²) in [6.07, 6.45) is 1.55. The highest BCUT2D eigenvalue weighted by Gasteiger charge is 2.20. The molecular formula is C22H27N3O4. The molecule has 1 heterocycles. The number of amides is 2. The predicted molar refractivity (Wildman–Crippen MR) is 112 cm³/mol. The van der Waals surface area contributed by atoms with Crippen LogP contribution in [0.2, 0.25) is 0 Å². The van der Waals surface area contributed by atoms with Crippen LogP contribution in [0.1, 0.15) is 25.3 Å². The maximum atomic E-state index is 12.6. The highest BCUT2D eigenvalue weighted by atomic mass is 16.5. The normalized spacial score (nSPS) is 14.4. The minimum atomic E-state index is -0.452. The average Bonchev–Trinajstić information content (AvgIpc) is 3.12. The Labute approximate surface area is 171 Å². The summed E-state index contributed by atoms with van der Waals surface area (Å²) in [5.41, 5.74) is 2.50. The average molecular weight is 397 g/mol. The van der Waals surface area contributed by atoms with Crippen molar-refractivity contribution in [2.75, 3.05) is 31.4 Å². The SMILES string of the molecule is COc1ccc(NC(=O)C(C)Nc2cccc(CN3CCCC3=O)c2)cc1OC. The third-order valence-corrected chi connectivity index (χ3v) is 4.90. The van der Waals surface area contributed by atoms with Crippen LogP contribution in [0.4, 0.5) is 11.4 Å². The van der Waals surface area contributed by atoms with Crippen LogP contribution in [0.15, 0.2) is 42.5 Å². The summed E-state index contributed by atoms with van der Waals surface area (Å²) >= 11 is 0. The third kappa shape index (κ3) is 5.19. The van der Waals surface area contributed by atoms with Gasteiger partial charge in [0.15, 0.2) is 11.5 Å². The number of hydrogen-bond donors (Lipinski definition) is 2. The zero-order chi connectivity index (χ0) is 20.8. The molecule has 7 nitrogen and oxygen atoms in total. The second-order valence-corrected chi connectivity index (χ2v) is 7.04. The van der Waals surface area contributed by atoms with Crippen LogP contribution < -0.4 is 20.1 Å². The van der Waals surface area contributed by atoms with E-state index < -0.39 is 6.04 Å². The molecule has 0 saturated carbocycles. The van der Waals surface area contributed by atoms with Gasteiger partial charge in [-0.05, 0) is 43.2 Å². The largest absolute Gasteiger partial charge is 0.493 e. The lowest BCUT2D eigenvalue weighted by Crippen LogP contribution is -2.32. The van der Waals surface area contributed by atoms with E-state index in [1.54, 1.807) is 39.3 Å². The topological polar surface area (TPSA) is 79.9 Å². The fourth-order valence-corrected chi connectivity index (χ4v) is 3.33. The third-order valence-electron chi connectivity index (χ3n) is 4.90. The summed E-state index contributed by atoms with van der Waals surface area (Å²) in [7, 11) is 3.12. The van der Waals surface area contributed by atoms with E-state index in [9.17, 15) is 9.59 Å². The number of carbonyl (C=O) groups is 2. The first-order chi connectivity index (χ1) is 14.0. The van der Waals surface area contributed by atoms with Crippen molar-refractivity contribution in [3.63, 3.8) is 0 Å². The molecule has 0 spiro atoms. The maximum Gasteiger partial charge on any atom is 0.246 e. The van der Waals surface area contributed by atoms with Gasteiger partial charge in [0.25, 0.3) is 0 Å². The number of carbonyl (C=O) groups excluding carboxylic acids is 2. The van der Waals surface area contributed by atoms with Gasteiger partial charge in [-0.1, -0.05) is 12.1 Å². The number of nitrogens with one attached hydrogen (secondary N) is 2. The van der Waals surface area contributed by atoms with E-state index in [0.29, 0.717) is 30.2 Å². The van der Waals surface area contributed by atoms with Crippen molar-refractivity contribution in [3.8, 4) is 11.5 Å². The zero-order valence-corrected chi connectivity index (χ0v) is 17.0. The van der Waals surface area contributed by atoms with E-state index in [1.807, 2.05) is 29.2 Å². The summed E-state index contributed by atoms with van der Waals surface area (Å²) in [5, 5.41) is 6.10. The lowest BCUT2D eigenvalue weighted by atomic mass is 10.1. The van der Waals surface area contributed by atoms with Crippen molar-refractivity contribution in [2.45, 2.75) is 32.4 Å². The summed E-state index contributed by atoms with van der Waals surface area (Å²) < 4.78 is 10.5. The van der Waals surface area contributed by atoms with E-state index in [1.165, 1.54) is 0 Å². The van der Waals surface area contributed by atoms with Crippen LogP contribution in [0, 0.1) is 0 Å². The van der Waals surface area contributed by atoms with E-state index in [0.717, 1.165) is 24.2 Å². The lowest BCUT2D eigenvalue weighted by molar-refractivity contribution is -0.128. The minimum absolute atomic E-state index is 0.169. The van der Waals surface area contributed by atoms with Gasteiger partial charge in [-0.25, -0.2) is 0 Å². The highest BCUT2D eigenvalue weighted by molar-refractivity contribution is 5.96. The molecule has 29 heavy (non-hydrogen) atoms. The first-order valence-corrected chi connectivity index (χ1v) is 9.66. The molecule has 2 amide bonds. The number of anilines is 2. The fourth-order valence-electron chi connectivity index (χ4n) is 3.33. The Morgan fingerprint density at radius 1 is 1.10 bits per heavy atom. The molecule has 0 radical (unpaired) electrons. The van der Waals surface area contributed by atoms with Crippen molar-refractivity contribution in [1.82, 2.24) is 4.90 Å². The number of hydrogen-bond acceptors (Lipinski definition) is 5. The minimum Gasteiger partial charge on any atom is -0.493 e. The molecule has 2 aromatic rings. The van der Waals surface area contributed by atoms with Crippen molar-refractivity contribution in [3.05, 3.63) is 48.0 Å². The smallest absolute Gasteiger partial charge is 0.246 e. The first kappa shape index (κ1) is 20.5. The van der Waals surface area contributed by atoms with Crippen LogP contribution in [0.3, 0.4) is 0 Å². The molecule has 7 heteroatoms. The molecule has 2 aromatic carbocycles. The van der Waals surface area contributed by atoms with Crippen molar-refractivity contribution in [2.24, 2.45) is 0 Å². The second-order valence-electron chi connectivity index (χ2n) is 7.04. The van der Waals surface area contributed by atoms with Crippen molar-refractivity contribution < 1.29 is 19.1 Å². The molecule has 1 unspecified atom stereocenters. The summed E-state index contributed by atoms with van der Waals surface area (Å²) in [6.45, 7) is 3.20. The lowest BCUT2D eigenvalue weighted by Gasteiger charge is -2.18. The van der Waals surface area contributed by atoms with Gasteiger partial charge in [-0.15, -0.1) is 0 Å². The molecule has 0 aliphatic carbocycles. The van der Waals surface area contributed by atoms with E-state index in [2.05, 4.69) is 10.6 Å². The van der Waals surface area contributed by atoms with Gasteiger partial charge in [0.1, 0.15) is 6.04 Å². The van der Waals surface area contributed by atoms with Gasteiger partial charge in [0.2, 0.25) is 11.8 Å². The summed E-state index contributed by atoms with van der Waals surface area (Å²) in [4.78, 5) is 26.3. The van der Waals surface area contributed by atoms with Gasteiger partial charge in [-0.3, -0.25) is 9.59 Å². The molecule has 154 valence electrons. The van der Waals surface area contributed by atoms with E-state index in [-0.39, 0.29) is 11.8 Å². The number of likely N-dealkylation sites (tertiary alicyclic amines) is 1. The number of nitrogens with zero attached hydrogens (tertiary/aromatic N) is 1. The predicted octanol–water partition coefficient (Wildman–Crippen LogP) is 3.27. The molecule has 1 aliphatic rings. The van der Waals surface area contributed by atoms with Gasteiger partial charge < -0.3 is 25.0 Å². The number of methoxy groups -OCH3 is 2. The molecule has 0 aromatic heterocycles.